The molecule has 0 radical (unpaired) electrons. The number of alkyl halides is 3. The third-order valence-corrected chi connectivity index (χ3v) is 1.47. The van der Waals surface area contributed by atoms with Gasteiger partial charge in [0.05, 0.1) is 18.8 Å². The van der Waals surface area contributed by atoms with E-state index in [1.54, 1.807) is 13.0 Å². The summed E-state index contributed by atoms with van der Waals surface area (Å²) in [6, 6.07) is 0. The maximum atomic E-state index is 11.8. The Bertz CT molecular complexity index is 161. The number of allylic oxidation sites excluding steroid dienone is 2. The van der Waals surface area contributed by atoms with Gasteiger partial charge in [0.15, 0.2) is 0 Å². The standard InChI is InChI=1S/C9H15F3O/c1-3-7-13-8(4-2)5-6-9(10,11)12/h4H,3,5-7H2,1-2H3. The van der Waals surface area contributed by atoms with Crippen molar-refractivity contribution in [3.63, 3.8) is 0 Å². The van der Waals surface area contributed by atoms with Gasteiger partial charge in [-0.05, 0) is 19.4 Å². The smallest absolute Gasteiger partial charge is 0.389 e. The SMILES string of the molecule is CC=C(CCC(F)(F)F)OCCC. The van der Waals surface area contributed by atoms with Gasteiger partial charge in [0, 0.05) is 6.42 Å². The molecule has 0 aromatic heterocycles. The van der Waals surface area contributed by atoms with Crippen LogP contribution in [-0.4, -0.2) is 12.8 Å². The van der Waals surface area contributed by atoms with Crippen molar-refractivity contribution in [3.8, 4) is 0 Å². The zero-order valence-electron chi connectivity index (χ0n) is 7.95. The maximum absolute atomic E-state index is 11.8. The van der Waals surface area contributed by atoms with E-state index in [4.69, 9.17) is 4.74 Å². The number of rotatable bonds is 5. The summed E-state index contributed by atoms with van der Waals surface area (Å²) in [6.45, 7) is 4.08. The van der Waals surface area contributed by atoms with E-state index in [-0.39, 0.29) is 6.42 Å². The Balaban J connectivity index is 3.74. The molecule has 0 heterocycles. The fraction of sp³-hybridized carbons (Fsp3) is 0.778. The molecule has 0 fully saturated rings. The van der Waals surface area contributed by atoms with E-state index in [0.717, 1.165) is 6.42 Å². The van der Waals surface area contributed by atoms with Crippen molar-refractivity contribution in [2.24, 2.45) is 0 Å². The predicted octanol–water partition coefficient (Wildman–Crippen LogP) is 3.66. The van der Waals surface area contributed by atoms with Gasteiger partial charge >= 0.3 is 6.18 Å². The van der Waals surface area contributed by atoms with Crippen molar-refractivity contribution < 1.29 is 17.9 Å². The average molecular weight is 196 g/mol. The summed E-state index contributed by atoms with van der Waals surface area (Å²) in [7, 11) is 0. The highest BCUT2D eigenvalue weighted by atomic mass is 19.4. The number of ether oxygens (including phenoxy) is 1. The van der Waals surface area contributed by atoms with Crippen molar-refractivity contribution in [1.82, 2.24) is 0 Å². The first-order valence-electron chi connectivity index (χ1n) is 4.34. The van der Waals surface area contributed by atoms with Crippen molar-refractivity contribution >= 4 is 0 Å². The van der Waals surface area contributed by atoms with Crippen molar-refractivity contribution in [3.05, 3.63) is 11.8 Å². The van der Waals surface area contributed by atoms with Gasteiger partial charge in [0.2, 0.25) is 0 Å². The first kappa shape index (κ1) is 12.3. The molecule has 0 spiro atoms. The van der Waals surface area contributed by atoms with Gasteiger partial charge in [-0.3, -0.25) is 0 Å². The minimum Gasteiger partial charge on any atom is -0.498 e. The number of halogens is 3. The van der Waals surface area contributed by atoms with E-state index in [1.807, 2.05) is 6.92 Å². The van der Waals surface area contributed by atoms with Gasteiger partial charge in [-0.15, -0.1) is 0 Å². The molecule has 0 amide bonds. The molecular weight excluding hydrogens is 181 g/mol. The first-order chi connectivity index (χ1) is 5.99. The highest BCUT2D eigenvalue weighted by Crippen LogP contribution is 2.24. The monoisotopic (exact) mass is 196 g/mol. The van der Waals surface area contributed by atoms with Crippen molar-refractivity contribution in [1.29, 1.82) is 0 Å². The number of hydrogen-bond acceptors (Lipinski definition) is 1. The topological polar surface area (TPSA) is 9.23 Å². The Kier molecular flexibility index (Phi) is 5.58. The average Bonchev–Trinajstić information content (AvgIpc) is 2.03. The van der Waals surface area contributed by atoms with Crippen molar-refractivity contribution in [2.45, 2.75) is 39.3 Å². The molecule has 0 aromatic carbocycles. The lowest BCUT2D eigenvalue weighted by Crippen LogP contribution is -2.08. The minimum absolute atomic E-state index is 0.0556. The predicted molar refractivity (Wildman–Crippen MR) is 45.3 cm³/mol. The normalized spacial score (nSPS) is 13.2. The van der Waals surface area contributed by atoms with E-state index in [1.165, 1.54) is 0 Å². The van der Waals surface area contributed by atoms with Crippen LogP contribution in [0.1, 0.15) is 33.1 Å². The molecule has 0 rings (SSSR count). The molecule has 0 aliphatic rings. The molecular formula is C9H15F3O. The summed E-state index contributed by atoms with van der Waals surface area (Å²) in [5, 5.41) is 0. The van der Waals surface area contributed by atoms with Crippen LogP contribution in [0.25, 0.3) is 0 Å². The van der Waals surface area contributed by atoms with Crippen molar-refractivity contribution in [2.75, 3.05) is 6.61 Å². The fourth-order valence-electron chi connectivity index (χ4n) is 0.798. The zero-order chi connectivity index (χ0) is 10.3. The van der Waals surface area contributed by atoms with Crippen LogP contribution in [0.3, 0.4) is 0 Å². The molecule has 0 unspecified atom stereocenters. The third-order valence-electron chi connectivity index (χ3n) is 1.47. The minimum atomic E-state index is -4.09. The maximum Gasteiger partial charge on any atom is 0.389 e. The summed E-state index contributed by atoms with van der Waals surface area (Å²) in [5.41, 5.74) is 0. The molecule has 78 valence electrons. The molecule has 1 nitrogen and oxygen atoms in total. The number of hydrogen-bond donors (Lipinski definition) is 0. The summed E-state index contributed by atoms with van der Waals surface area (Å²) in [4.78, 5) is 0. The lowest BCUT2D eigenvalue weighted by Gasteiger charge is -2.10. The molecule has 0 aliphatic carbocycles. The third kappa shape index (κ3) is 7.68. The summed E-state index contributed by atoms with van der Waals surface area (Å²) in [5.74, 6) is 0.430. The molecule has 0 saturated heterocycles. The second kappa shape index (κ2) is 5.89. The second-order valence-electron chi connectivity index (χ2n) is 2.72. The summed E-state index contributed by atoms with van der Waals surface area (Å²) < 4.78 is 40.5. The molecule has 0 atom stereocenters. The molecule has 0 N–H and O–H groups in total. The van der Waals surface area contributed by atoms with Gasteiger partial charge in [-0.25, -0.2) is 0 Å². The largest absolute Gasteiger partial charge is 0.498 e. The van der Waals surface area contributed by atoms with Gasteiger partial charge in [0.1, 0.15) is 0 Å². The van der Waals surface area contributed by atoms with Crippen LogP contribution in [-0.2, 0) is 4.74 Å². The molecule has 4 heteroatoms. The van der Waals surface area contributed by atoms with Crippen LogP contribution >= 0.6 is 0 Å². The van der Waals surface area contributed by atoms with Crippen LogP contribution < -0.4 is 0 Å². The Morgan fingerprint density at radius 1 is 1.38 bits per heavy atom. The highest BCUT2D eigenvalue weighted by Gasteiger charge is 2.27. The first-order valence-corrected chi connectivity index (χ1v) is 4.34. The molecule has 13 heavy (non-hydrogen) atoms. The molecule has 0 aliphatic heterocycles. The quantitative estimate of drug-likeness (QED) is 0.610. The van der Waals surface area contributed by atoms with E-state index in [0.29, 0.717) is 12.4 Å². The molecule has 0 aromatic rings. The van der Waals surface area contributed by atoms with Gasteiger partial charge in [-0.2, -0.15) is 13.2 Å². The highest BCUT2D eigenvalue weighted by molar-refractivity contribution is 4.90. The van der Waals surface area contributed by atoms with Gasteiger partial charge in [0.25, 0.3) is 0 Å². The lowest BCUT2D eigenvalue weighted by molar-refractivity contribution is -0.135. The fourth-order valence-corrected chi connectivity index (χ4v) is 0.798. The van der Waals surface area contributed by atoms with E-state index in [2.05, 4.69) is 0 Å². The van der Waals surface area contributed by atoms with E-state index in [9.17, 15) is 13.2 Å². The van der Waals surface area contributed by atoms with Crippen LogP contribution in [0, 0.1) is 0 Å². The van der Waals surface area contributed by atoms with Crippen LogP contribution in [0.2, 0.25) is 0 Å². The zero-order valence-corrected chi connectivity index (χ0v) is 7.95. The van der Waals surface area contributed by atoms with Crippen LogP contribution in [0.15, 0.2) is 11.8 Å². The van der Waals surface area contributed by atoms with Crippen LogP contribution in [0.4, 0.5) is 13.2 Å². The van der Waals surface area contributed by atoms with Gasteiger partial charge < -0.3 is 4.74 Å². The Labute approximate surface area is 76.6 Å². The molecule has 0 saturated carbocycles. The Morgan fingerprint density at radius 2 is 2.00 bits per heavy atom. The Hall–Kier alpha value is -0.670. The summed E-state index contributed by atoms with van der Waals surface area (Å²) >= 11 is 0. The second-order valence-corrected chi connectivity index (χ2v) is 2.72. The summed E-state index contributed by atoms with van der Waals surface area (Å²) in [6.07, 6.45) is -2.56. The van der Waals surface area contributed by atoms with Crippen LogP contribution in [0.5, 0.6) is 0 Å². The van der Waals surface area contributed by atoms with Gasteiger partial charge in [-0.1, -0.05) is 6.92 Å². The van der Waals surface area contributed by atoms with E-state index >= 15 is 0 Å². The Morgan fingerprint density at radius 3 is 2.38 bits per heavy atom. The lowest BCUT2D eigenvalue weighted by atomic mass is 10.2. The van der Waals surface area contributed by atoms with E-state index < -0.39 is 12.6 Å². The molecule has 0 bridgehead atoms.